The Kier molecular flexibility index (Phi) is 9.62. The van der Waals surface area contributed by atoms with E-state index >= 15 is 0 Å². The van der Waals surface area contributed by atoms with E-state index < -0.39 is 0 Å². The van der Waals surface area contributed by atoms with Gasteiger partial charge in [-0.15, -0.1) is 11.3 Å². The molecular weight excluding hydrogens is 502 g/mol. The molecule has 0 aliphatic rings. The molecule has 0 unspecified atom stereocenters. The van der Waals surface area contributed by atoms with Crippen LogP contribution in [0.25, 0.3) is 15.9 Å². The van der Waals surface area contributed by atoms with Crippen molar-refractivity contribution in [1.29, 1.82) is 0 Å². The standard InChI is InChI=1S/C11H15NO.C11H13NS.C10H13N3/c1-11(2,3)10-6-4-5-7-12-8-9-13-10;1-11(2,3)10-6-8-4-5-12-7-9(8)13-10;1-10(2,3)8-6-12-9-11-4-5-13(9)7-8/h4-9H,1-3H3;2*4-7H,1-3H3. The van der Waals surface area contributed by atoms with E-state index in [1.165, 1.54) is 20.5 Å². The van der Waals surface area contributed by atoms with Gasteiger partial charge in [-0.3, -0.25) is 14.4 Å². The van der Waals surface area contributed by atoms with Crippen molar-refractivity contribution in [3.63, 3.8) is 0 Å². The summed E-state index contributed by atoms with van der Waals surface area (Å²) >= 11 is 1.84. The van der Waals surface area contributed by atoms with E-state index in [-0.39, 0.29) is 16.2 Å². The van der Waals surface area contributed by atoms with E-state index in [4.69, 9.17) is 4.42 Å². The van der Waals surface area contributed by atoms with Gasteiger partial charge in [-0.05, 0) is 46.0 Å². The predicted molar refractivity (Wildman–Crippen MR) is 163 cm³/mol. The first-order chi connectivity index (χ1) is 18.2. The zero-order chi connectivity index (χ0) is 28.7. The minimum absolute atomic E-state index is 0.0268. The van der Waals surface area contributed by atoms with Crippen LogP contribution in [0.3, 0.4) is 0 Å². The molecule has 39 heavy (non-hydrogen) atoms. The molecule has 7 heteroatoms. The Labute approximate surface area is 236 Å². The molecule has 0 bridgehead atoms. The van der Waals surface area contributed by atoms with Gasteiger partial charge in [0.15, 0.2) is 0 Å². The quantitative estimate of drug-likeness (QED) is 0.195. The molecule has 5 aromatic rings. The van der Waals surface area contributed by atoms with Crippen molar-refractivity contribution >= 4 is 27.2 Å². The van der Waals surface area contributed by atoms with Crippen LogP contribution in [0.5, 0.6) is 0 Å². The van der Waals surface area contributed by atoms with Crippen LogP contribution in [0.1, 0.15) is 78.5 Å². The van der Waals surface area contributed by atoms with E-state index in [2.05, 4.69) is 101 Å². The summed E-state index contributed by atoms with van der Waals surface area (Å²) in [5, 5.41) is 1.31. The highest BCUT2D eigenvalue weighted by molar-refractivity contribution is 7.19. The molecule has 5 heterocycles. The molecule has 206 valence electrons. The molecule has 6 nitrogen and oxygen atoms in total. The van der Waals surface area contributed by atoms with Gasteiger partial charge >= 0.3 is 0 Å². The maximum atomic E-state index is 5.44. The summed E-state index contributed by atoms with van der Waals surface area (Å²) in [5.41, 5.74) is 1.65. The summed E-state index contributed by atoms with van der Waals surface area (Å²) in [6.45, 7) is 19.6. The van der Waals surface area contributed by atoms with Crippen molar-refractivity contribution in [3.05, 3.63) is 102 Å². The van der Waals surface area contributed by atoms with E-state index in [9.17, 15) is 0 Å². The molecule has 5 rings (SSSR count). The molecule has 0 N–H and O–H groups in total. The lowest BCUT2D eigenvalue weighted by Crippen LogP contribution is -2.12. The van der Waals surface area contributed by atoms with Gasteiger partial charge in [-0.2, -0.15) is 0 Å². The highest BCUT2D eigenvalue weighted by Crippen LogP contribution is 2.33. The van der Waals surface area contributed by atoms with Gasteiger partial charge in [0.25, 0.3) is 0 Å². The summed E-state index contributed by atoms with van der Waals surface area (Å²) in [4.78, 5) is 17.9. The van der Waals surface area contributed by atoms with Gasteiger partial charge in [0.2, 0.25) is 5.78 Å². The molecule has 0 aliphatic carbocycles. The third kappa shape index (κ3) is 8.99. The number of aromatic nitrogens is 5. The molecule has 0 aliphatic heterocycles. The number of pyridine rings is 1. The third-order valence-corrected chi connectivity index (χ3v) is 7.30. The average molecular weight is 544 g/mol. The maximum absolute atomic E-state index is 5.44. The summed E-state index contributed by atoms with van der Waals surface area (Å²) in [7, 11) is 0. The van der Waals surface area contributed by atoms with Crippen LogP contribution in [-0.4, -0.2) is 24.3 Å². The number of imidazole rings is 1. The van der Waals surface area contributed by atoms with Crippen molar-refractivity contribution in [2.24, 2.45) is 0 Å². The minimum Gasteiger partial charge on any atom is -0.467 e. The molecule has 0 fully saturated rings. The van der Waals surface area contributed by atoms with Crippen LogP contribution in [0.2, 0.25) is 0 Å². The second-order valence-electron chi connectivity index (χ2n) is 12.4. The van der Waals surface area contributed by atoms with E-state index in [0.29, 0.717) is 0 Å². The SMILES string of the molecule is CC(C)(C)c1cc2ccncc2s1.CC(C)(C)c1ccccncco1.CC(C)(C)c1cnc2nccn2c1. The molecule has 0 amide bonds. The number of fused-ring (bicyclic) bond motifs is 2. The van der Waals surface area contributed by atoms with Gasteiger partial charge in [-0.25, -0.2) is 9.97 Å². The van der Waals surface area contributed by atoms with Crippen LogP contribution < -0.4 is 0 Å². The van der Waals surface area contributed by atoms with Crippen LogP contribution in [0, 0.1) is 0 Å². The lowest BCUT2D eigenvalue weighted by atomic mass is 9.89. The van der Waals surface area contributed by atoms with E-state index in [1.807, 2.05) is 58.7 Å². The fourth-order valence-corrected chi connectivity index (χ4v) is 4.44. The Morgan fingerprint density at radius 1 is 0.744 bits per heavy atom. The first kappa shape index (κ1) is 30.0. The first-order valence-corrected chi connectivity index (χ1v) is 13.9. The molecule has 0 aromatic carbocycles. The number of nitrogens with zero attached hydrogens (tertiary/aromatic N) is 5. The van der Waals surface area contributed by atoms with Gasteiger partial charge < -0.3 is 4.42 Å². The smallest absolute Gasteiger partial charge is 0.233 e. The molecular formula is C32H41N5OS. The Hall–Kier alpha value is -3.58. The zero-order valence-electron chi connectivity index (χ0n) is 24.6. The fourth-order valence-electron chi connectivity index (χ4n) is 3.35. The van der Waals surface area contributed by atoms with Gasteiger partial charge in [-0.1, -0.05) is 68.4 Å². The Balaban J connectivity index is 0.000000162. The Morgan fingerprint density at radius 2 is 1.51 bits per heavy atom. The lowest BCUT2D eigenvalue weighted by molar-refractivity contribution is 0.399. The zero-order valence-corrected chi connectivity index (χ0v) is 25.5. The maximum Gasteiger partial charge on any atom is 0.233 e. The number of hydrogen-bond donors (Lipinski definition) is 0. The summed E-state index contributed by atoms with van der Waals surface area (Å²) in [6, 6.07) is 10.1. The van der Waals surface area contributed by atoms with Crippen LogP contribution in [-0.2, 0) is 16.2 Å². The predicted octanol–water partition coefficient (Wildman–Crippen LogP) is 8.72. The molecule has 0 saturated heterocycles. The molecule has 5 aromatic heterocycles. The Bertz CT molecular complexity index is 1430. The summed E-state index contributed by atoms with van der Waals surface area (Å²) in [6.07, 6.45) is 16.4. The van der Waals surface area contributed by atoms with Crippen molar-refractivity contribution in [1.82, 2.24) is 24.3 Å². The number of thiophene rings is 1. The van der Waals surface area contributed by atoms with E-state index in [1.54, 1.807) is 24.9 Å². The number of rotatable bonds is 0. The highest BCUT2D eigenvalue weighted by Gasteiger charge is 2.17. The van der Waals surface area contributed by atoms with E-state index in [0.717, 1.165) is 11.5 Å². The largest absolute Gasteiger partial charge is 0.467 e. The van der Waals surface area contributed by atoms with Crippen LogP contribution >= 0.6 is 11.3 Å². The average Bonchev–Trinajstić information content (AvgIpc) is 3.52. The molecule has 0 spiro atoms. The first-order valence-electron chi connectivity index (χ1n) is 13.1. The second kappa shape index (κ2) is 12.5. The van der Waals surface area contributed by atoms with Crippen molar-refractivity contribution < 1.29 is 4.42 Å². The van der Waals surface area contributed by atoms with Crippen LogP contribution in [0.15, 0.2) is 90.6 Å². The summed E-state index contributed by atoms with van der Waals surface area (Å²) < 4.78 is 8.67. The molecule has 0 atom stereocenters. The lowest BCUT2D eigenvalue weighted by Gasteiger charge is -2.17. The summed E-state index contributed by atoms with van der Waals surface area (Å²) in [5.74, 6) is 1.69. The van der Waals surface area contributed by atoms with Crippen molar-refractivity contribution in [2.75, 3.05) is 0 Å². The Morgan fingerprint density at radius 3 is 2.18 bits per heavy atom. The third-order valence-electron chi connectivity index (χ3n) is 5.79. The van der Waals surface area contributed by atoms with Crippen molar-refractivity contribution in [2.45, 2.75) is 78.6 Å². The van der Waals surface area contributed by atoms with Crippen molar-refractivity contribution in [3.8, 4) is 0 Å². The molecule has 0 radical (unpaired) electrons. The topological polar surface area (TPSA) is 69.1 Å². The van der Waals surface area contributed by atoms with Gasteiger partial charge in [0.1, 0.15) is 12.0 Å². The van der Waals surface area contributed by atoms with Gasteiger partial charge in [0, 0.05) is 53.7 Å². The van der Waals surface area contributed by atoms with Crippen LogP contribution in [0.4, 0.5) is 0 Å². The second-order valence-corrected chi connectivity index (χ2v) is 13.5. The normalized spacial score (nSPS) is 11.7. The highest BCUT2D eigenvalue weighted by atomic mass is 32.1. The van der Waals surface area contributed by atoms with Gasteiger partial charge in [0.05, 0.1) is 10.9 Å². The molecule has 0 saturated carbocycles. The minimum atomic E-state index is 0.0268. The monoisotopic (exact) mass is 543 g/mol. The fraction of sp³-hybridized carbons (Fsp3) is 0.375. The number of hydrogen-bond acceptors (Lipinski definition) is 6.